The first-order chi connectivity index (χ1) is 7.57. The smallest absolute Gasteiger partial charge is 0.0685 e. The van der Waals surface area contributed by atoms with E-state index in [1.165, 1.54) is 12.8 Å². The summed E-state index contributed by atoms with van der Waals surface area (Å²) in [4.78, 5) is 0. The number of fused-ring (bicyclic) bond motifs is 1. The minimum absolute atomic E-state index is 0.309. The van der Waals surface area contributed by atoms with Gasteiger partial charge in [-0.1, -0.05) is 19.9 Å². The predicted molar refractivity (Wildman–Crippen MR) is 67.4 cm³/mol. The van der Waals surface area contributed by atoms with Crippen LogP contribution in [0.15, 0.2) is 12.7 Å². The van der Waals surface area contributed by atoms with Gasteiger partial charge in [0.05, 0.1) is 6.10 Å². The van der Waals surface area contributed by atoms with E-state index in [-0.39, 0.29) is 0 Å². The average molecular weight is 223 g/mol. The standard InChI is InChI=1S/C14H25NO/c1-5-6-7-10(2)15-12-11-8-9-16-13(11)14(12,3)4/h5,10-13,15H,1,6-9H2,2-4H3. The molecule has 2 fully saturated rings. The van der Waals surface area contributed by atoms with Gasteiger partial charge in [-0.3, -0.25) is 0 Å². The summed E-state index contributed by atoms with van der Waals surface area (Å²) in [6.45, 7) is 11.7. The summed E-state index contributed by atoms with van der Waals surface area (Å²) in [5.74, 6) is 0.751. The maximum atomic E-state index is 5.80. The van der Waals surface area contributed by atoms with E-state index in [1.807, 2.05) is 6.08 Å². The van der Waals surface area contributed by atoms with Crippen LogP contribution in [0.3, 0.4) is 0 Å². The Morgan fingerprint density at radius 1 is 1.56 bits per heavy atom. The maximum Gasteiger partial charge on any atom is 0.0685 e. The lowest BCUT2D eigenvalue weighted by atomic mass is 9.57. The van der Waals surface area contributed by atoms with Crippen LogP contribution in [-0.4, -0.2) is 24.8 Å². The molecule has 1 N–H and O–H groups in total. The molecule has 16 heavy (non-hydrogen) atoms. The van der Waals surface area contributed by atoms with Gasteiger partial charge in [-0.05, 0) is 26.2 Å². The van der Waals surface area contributed by atoms with Gasteiger partial charge >= 0.3 is 0 Å². The van der Waals surface area contributed by atoms with E-state index in [9.17, 15) is 0 Å². The number of allylic oxidation sites excluding steroid dienone is 1. The van der Waals surface area contributed by atoms with Gasteiger partial charge in [-0.25, -0.2) is 0 Å². The molecule has 2 nitrogen and oxygen atoms in total. The molecule has 1 aliphatic carbocycles. The van der Waals surface area contributed by atoms with Crippen LogP contribution >= 0.6 is 0 Å². The molecule has 1 heterocycles. The molecule has 1 saturated heterocycles. The van der Waals surface area contributed by atoms with Crippen molar-refractivity contribution >= 4 is 0 Å². The molecule has 0 amide bonds. The highest BCUT2D eigenvalue weighted by Crippen LogP contribution is 2.52. The van der Waals surface area contributed by atoms with Crippen molar-refractivity contribution in [1.82, 2.24) is 5.32 Å². The van der Waals surface area contributed by atoms with Crippen LogP contribution < -0.4 is 5.32 Å². The number of hydrogen-bond donors (Lipinski definition) is 1. The van der Waals surface area contributed by atoms with Crippen LogP contribution in [0, 0.1) is 11.3 Å². The van der Waals surface area contributed by atoms with Crippen LogP contribution in [0.25, 0.3) is 0 Å². The fourth-order valence-electron chi connectivity index (χ4n) is 3.42. The Labute approximate surface area is 99.4 Å². The molecule has 2 aliphatic rings. The molecule has 0 aromatic carbocycles. The lowest BCUT2D eigenvalue weighted by molar-refractivity contribution is -0.115. The van der Waals surface area contributed by atoms with Crippen molar-refractivity contribution in [1.29, 1.82) is 0 Å². The Balaban J connectivity index is 1.87. The molecule has 2 rings (SSSR count). The summed E-state index contributed by atoms with van der Waals surface area (Å²) in [6.07, 6.45) is 6.03. The molecule has 2 heteroatoms. The molecule has 0 radical (unpaired) electrons. The molecule has 4 unspecified atom stereocenters. The summed E-state index contributed by atoms with van der Waals surface area (Å²) >= 11 is 0. The highest BCUT2D eigenvalue weighted by atomic mass is 16.5. The molecule has 0 aromatic heterocycles. The van der Waals surface area contributed by atoms with E-state index in [1.54, 1.807) is 0 Å². The Hall–Kier alpha value is -0.340. The zero-order valence-electron chi connectivity index (χ0n) is 10.8. The van der Waals surface area contributed by atoms with Crippen molar-refractivity contribution in [2.24, 2.45) is 11.3 Å². The topological polar surface area (TPSA) is 21.3 Å². The number of hydrogen-bond acceptors (Lipinski definition) is 2. The van der Waals surface area contributed by atoms with E-state index in [0.29, 0.717) is 23.6 Å². The second-order valence-electron chi connectivity index (χ2n) is 5.98. The molecule has 0 aromatic rings. The van der Waals surface area contributed by atoms with Gasteiger partial charge < -0.3 is 10.1 Å². The molecule has 1 saturated carbocycles. The fraction of sp³-hybridized carbons (Fsp3) is 0.857. The minimum atomic E-state index is 0.309. The zero-order chi connectivity index (χ0) is 11.8. The molecular formula is C14H25NO. The first-order valence-corrected chi connectivity index (χ1v) is 6.56. The third kappa shape index (κ3) is 1.93. The van der Waals surface area contributed by atoms with Gasteiger partial charge in [0.15, 0.2) is 0 Å². The minimum Gasteiger partial charge on any atom is -0.377 e. The second kappa shape index (κ2) is 4.50. The van der Waals surface area contributed by atoms with Gasteiger partial charge in [0.25, 0.3) is 0 Å². The monoisotopic (exact) mass is 223 g/mol. The van der Waals surface area contributed by atoms with Crippen molar-refractivity contribution in [3.63, 3.8) is 0 Å². The summed E-state index contributed by atoms with van der Waals surface area (Å²) in [6, 6.07) is 1.23. The predicted octanol–water partition coefficient (Wildman–Crippen LogP) is 2.74. The van der Waals surface area contributed by atoms with Crippen molar-refractivity contribution in [2.75, 3.05) is 6.61 Å². The first kappa shape index (κ1) is 12.1. The van der Waals surface area contributed by atoms with Crippen LogP contribution in [0.4, 0.5) is 0 Å². The van der Waals surface area contributed by atoms with Crippen molar-refractivity contribution in [3.8, 4) is 0 Å². The summed E-state index contributed by atoms with van der Waals surface area (Å²) in [7, 11) is 0. The molecule has 0 spiro atoms. The molecule has 0 bridgehead atoms. The Morgan fingerprint density at radius 2 is 2.31 bits per heavy atom. The maximum absolute atomic E-state index is 5.80. The number of ether oxygens (including phenoxy) is 1. The average Bonchev–Trinajstić information content (AvgIpc) is 2.69. The van der Waals surface area contributed by atoms with Crippen molar-refractivity contribution < 1.29 is 4.74 Å². The molecule has 4 atom stereocenters. The zero-order valence-corrected chi connectivity index (χ0v) is 10.8. The molecule has 1 aliphatic heterocycles. The second-order valence-corrected chi connectivity index (χ2v) is 5.98. The Morgan fingerprint density at radius 3 is 3.00 bits per heavy atom. The van der Waals surface area contributed by atoms with Gasteiger partial charge in [-0.15, -0.1) is 6.58 Å². The Kier molecular flexibility index (Phi) is 3.41. The van der Waals surface area contributed by atoms with Crippen LogP contribution in [0.1, 0.15) is 40.0 Å². The van der Waals surface area contributed by atoms with Crippen LogP contribution in [-0.2, 0) is 4.74 Å². The van der Waals surface area contributed by atoms with Gasteiger partial charge in [0.2, 0.25) is 0 Å². The van der Waals surface area contributed by atoms with Gasteiger partial charge in [-0.2, -0.15) is 0 Å². The summed E-state index contributed by atoms with van der Waals surface area (Å²) in [5, 5.41) is 3.79. The fourth-order valence-corrected chi connectivity index (χ4v) is 3.42. The summed E-state index contributed by atoms with van der Waals surface area (Å²) in [5.41, 5.74) is 0.309. The normalized spacial score (nSPS) is 37.6. The molecule has 92 valence electrons. The highest BCUT2D eigenvalue weighted by Gasteiger charge is 2.59. The molecular weight excluding hydrogens is 198 g/mol. The van der Waals surface area contributed by atoms with Gasteiger partial charge in [0, 0.05) is 30.0 Å². The van der Waals surface area contributed by atoms with E-state index in [2.05, 4.69) is 32.7 Å². The third-order valence-electron chi connectivity index (χ3n) is 4.37. The quantitative estimate of drug-likeness (QED) is 0.724. The van der Waals surface area contributed by atoms with E-state index in [4.69, 9.17) is 4.74 Å². The SMILES string of the molecule is C=CCCC(C)NC1C2CCOC2C1(C)C. The van der Waals surface area contributed by atoms with E-state index >= 15 is 0 Å². The van der Waals surface area contributed by atoms with Crippen LogP contribution in [0.5, 0.6) is 0 Å². The third-order valence-corrected chi connectivity index (χ3v) is 4.37. The number of nitrogens with one attached hydrogen (secondary N) is 1. The number of rotatable bonds is 5. The van der Waals surface area contributed by atoms with Crippen molar-refractivity contribution in [2.45, 2.75) is 58.2 Å². The highest BCUT2D eigenvalue weighted by molar-refractivity contribution is 5.11. The largest absolute Gasteiger partial charge is 0.377 e. The lowest BCUT2D eigenvalue weighted by Gasteiger charge is -2.55. The Bertz CT molecular complexity index is 261. The van der Waals surface area contributed by atoms with Gasteiger partial charge in [0.1, 0.15) is 0 Å². The first-order valence-electron chi connectivity index (χ1n) is 6.56. The van der Waals surface area contributed by atoms with Crippen LogP contribution in [0.2, 0.25) is 0 Å². The summed E-state index contributed by atoms with van der Waals surface area (Å²) < 4.78 is 5.80. The van der Waals surface area contributed by atoms with Crippen molar-refractivity contribution in [3.05, 3.63) is 12.7 Å². The van der Waals surface area contributed by atoms with E-state index in [0.717, 1.165) is 18.9 Å². The lowest BCUT2D eigenvalue weighted by Crippen LogP contribution is -2.67. The van der Waals surface area contributed by atoms with E-state index < -0.39 is 0 Å².